The van der Waals surface area contributed by atoms with Gasteiger partial charge in [-0.05, 0) is 35.9 Å². The molecule has 0 spiro atoms. The molecule has 202 valence electrons. The van der Waals surface area contributed by atoms with Crippen molar-refractivity contribution in [2.75, 3.05) is 12.4 Å². The van der Waals surface area contributed by atoms with Crippen LogP contribution in [0.2, 0.25) is 0 Å². The number of aryl methyl sites for hydroxylation is 1. The van der Waals surface area contributed by atoms with Crippen molar-refractivity contribution < 1.29 is 28.2 Å². The third kappa shape index (κ3) is 5.09. The number of carbonyl (C=O) groups excluding carboxylic acids is 1. The number of methoxy groups -OCH3 is 1. The molecule has 0 atom stereocenters. The first-order chi connectivity index (χ1) is 19.3. The summed E-state index contributed by atoms with van der Waals surface area (Å²) in [6.45, 7) is -0.484. The summed E-state index contributed by atoms with van der Waals surface area (Å²) in [5.41, 5.74) is 0.699. The lowest BCUT2D eigenvalue weighted by Crippen LogP contribution is -2.26. The number of carbonyl (C=O) groups is 1. The monoisotopic (exact) mass is 544 g/mol. The van der Waals surface area contributed by atoms with Crippen molar-refractivity contribution in [1.82, 2.24) is 14.5 Å². The van der Waals surface area contributed by atoms with Crippen molar-refractivity contribution in [1.29, 1.82) is 0 Å². The van der Waals surface area contributed by atoms with Crippen LogP contribution in [0.3, 0.4) is 0 Å². The Kier molecular flexibility index (Phi) is 7.21. The van der Waals surface area contributed by atoms with Gasteiger partial charge in [0.05, 0.1) is 30.5 Å². The quantitative estimate of drug-likeness (QED) is 0.302. The summed E-state index contributed by atoms with van der Waals surface area (Å²) in [7, 11) is 3.03. The van der Waals surface area contributed by atoms with Gasteiger partial charge in [0.25, 0.3) is 5.91 Å². The van der Waals surface area contributed by atoms with Crippen LogP contribution in [-0.4, -0.2) is 32.7 Å². The summed E-state index contributed by atoms with van der Waals surface area (Å²) in [5, 5.41) is 12.4. The number of pyridine rings is 3. The number of aliphatic hydroxyl groups excluding tert-OH is 1. The maximum atomic E-state index is 15.0. The lowest BCUT2D eigenvalue weighted by atomic mass is 10.0. The Morgan fingerprint density at radius 2 is 1.82 bits per heavy atom. The van der Waals surface area contributed by atoms with Crippen molar-refractivity contribution in [3.63, 3.8) is 0 Å². The molecule has 5 rings (SSSR count). The third-order valence-corrected chi connectivity index (χ3v) is 6.18. The molecular weight excluding hydrogens is 522 g/mol. The molecule has 0 fully saturated rings. The Hall–Kier alpha value is -5.16. The second-order valence-corrected chi connectivity index (χ2v) is 8.70. The van der Waals surface area contributed by atoms with E-state index in [-0.39, 0.29) is 34.0 Å². The number of benzene rings is 2. The standard InChI is InChI=1S/C29H22F2N4O5/c1-35-14-19(28(37)26(22(35)15-36)16-3-5-17(30)6-4-16)29(38)33-18-7-9-23(20(31)13-18)40-24-11-12-32-21-8-10-25(39-2)34-27(21)24/h3-14,36H,15H2,1-2H3,(H,33,38). The number of amides is 1. The van der Waals surface area contributed by atoms with E-state index in [1.807, 2.05) is 0 Å². The molecule has 9 nitrogen and oxygen atoms in total. The summed E-state index contributed by atoms with van der Waals surface area (Å²) in [4.78, 5) is 34.9. The molecule has 1 amide bonds. The molecule has 2 N–H and O–H groups in total. The van der Waals surface area contributed by atoms with Crippen molar-refractivity contribution in [2.24, 2.45) is 7.05 Å². The maximum absolute atomic E-state index is 15.0. The zero-order valence-corrected chi connectivity index (χ0v) is 21.3. The summed E-state index contributed by atoms with van der Waals surface area (Å²) in [6.07, 6.45) is 2.78. The Bertz CT molecular complexity index is 1810. The van der Waals surface area contributed by atoms with Gasteiger partial charge in [-0.25, -0.2) is 13.8 Å². The number of hydrogen-bond donors (Lipinski definition) is 2. The van der Waals surface area contributed by atoms with E-state index in [9.17, 15) is 19.1 Å². The predicted molar refractivity (Wildman–Crippen MR) is 144 cm³/mol. The minimum absolute atomic E-state index is 0.0578. The van der Waals surface area contributed by atoms with Crippen LogP contribution in [0.15, 0.2) is 77.9 Å². The van der Waals surface area contributed by atoms with Crippen LogP contribution >= 0.6 is 0 Å². The number of aliphatic hydroxyl groups is 1. The van der Waals surface area contributed by atoms with Gasteiger partial charge < -0.3 is 24.5 Å². The predicted octanol–water partition coefficient (Wildman–Crippen LogP) is 4.82. The average Bonchev–Trinajstić information content (AvgIpc) is 2.95. The Morgan fingerprint density at radius 1 is 1.05 bits per heavy atom. The molecule has 0 bridgehead atoms. The number of anilines is 1. The van der Waals surface area contributed by atoms with Gasteiger partial charge in [0.15, 0.2) is 17.3 Å². The molecule has 3 aromatic heterocycles. The molecular formula is C29H22F2N4O5. The summed E-state index contributed by atoms with van der Waals surface area (Å²) < 4.78 is 40.8. The molecule has 3 heterocycles. The van der Waals surface area contributed by atoms with Crippen molar-refractivity contribution in [3.8, 4) is 28.5 Å². The van der Waals surface area contributed by atoms with E-state index >= 15 is 4.39 Å². The molecule has 0 aliphatic rings. The number of rotatable bonds is 7. The fourth-order valence-corrected chi connectivity index (χ4v) is 4.20. The molecule has 0 unspecified atom stereocenters. The van der Waals surface area contributed by atoms with Crippen LogP contribution in [0.5, 0.6) is 17.4 Å². The fourth-order valence-electron chi connectivity index (χ4n) is 4.20. The highest BCUT2D eigenvalue weighted by Crippen LogP contribution is 2.31. The lowest BCUT2D eigenvalue weighted by molar-refractivity contribution is 0.102. The van der Waals surface area contributed by atoms with E-state index in [2.05, 4.69) is 15.3 Å². The topological polar surface area (TPSA) is 116 Å². The molecule has 0 aliphatic heterocycles. The van der Waals surface area contributed by atoms with Gasteiger partial charge >= 0.3 is 0 Å². The van der Waals surface area contributed by atoms with E-state index in [0.29, 0.717) is 22.5 Å². The van der Waals surface area contributed by atoms with Crippen LogP contribution in [0.4, 0.5) is 14.5 Å². The normalized spacial score (nSPS) is 10.9. The minimum atomic E-state index is -0.794. The van der Waals surface area contributed by atoms with E-state index in [4.69, 9.17) is 9.47 Å². The van der Waals surface area contributed by atoms with E-state index in [0.717, 1.165) is 6.07 Å². The molecule has 2 aromatic carbocycles. The first kappa shape index (κ1) is 26.4. The molecule has 0 aliphatic carbocycles. The number of aromatic nitrogens is 3. The largest absolute Gasteiger partial charge is 0.481 e. The molecule has 0 saturated carbocycles. The molecule has 5 aromatic rings. The van der Waals surface area contributed by atoms with Gasteiger partial charge in [0, 0.05) is 43.3 Å². The Morgan fingerprint density at radius 3 is 2.52 bits per heavy atom. The first-order valence-corrected chi connectivity index (χ1v) is 12.0. The Balaban J connectivity index is 1.43. The van der Waals surface area contributed by atoms with Gasteiger partial charge in [-0.2, -0.15) is 0 Å². The lowest BCUT2D eigenvalue weighted by Gasteiger charge is -2.15. The number of halogens is 2. The zero-order chi connectivity index (χ0) is 28.4. The van der Waals surface area contributed by atoms with Crippen LogP contribution in [0.25, 0.3) is 22.2 Å². The van der Waals surface area contributed by atoms with Crippen LogP contribution < -0.4 is 20.2 Å². The molecule has 11 heteroatoms. The van der Waals surface area contributed by atoms with E-state index in [1.54, 1.807) is 19.2 Å². The summed E-state index contributed by atoms with van der Waals surface area (Å²) >= 11 is 0. The van der Waals surface area contributed by atoms with Crippen LogP contribution in [0.1, 0.15) is 16.1 Å². The fraction of sp³-hybridized carbons (Fsp3) is 0.103. The van der Waals surface area contributed by atoms with Gasteiger partial charge in [-0.1, -0.05) is 12.1 Å². The van der Waals surface area contributed by atoms with Gasteiger partial charge in [-0.3, -0.25) is 14.6 Å². The smallest absolute Gasteiger partial charge is 0.261 e. The number of fused-ring (bicyclic) bond motifs is 1. The first-order valence-electron chi connectivity index (χ1n) is 12.0. The van der Waals surface area contributed by atoms with Gasteiger partial charge in [0.1, 0.15) is 16.9 Å². The molecule has 0 radical (unpaired) electrons. The highest BCUT2D eigenvalue weighted by atomic mass is 19.1. The number of hydrogen-bond acceptors (Lipinski definition) is 7. The zero-order valence-electron chi connectivity index (χ0n) is 21.3. The van der Waals surface area contributed by atoms with E-state index in [1.165, 1.54) is 66.5 Å². The van der Waals surface area contributed by atoms with Crippen molar-refractivity contribution in [3.05, 3.63) is 106 Å². The van der Waals surface area contributed by atoms with Crippen LogP contribution in [-0.2, 0) is 13.7 Å². The van der Waals surface area contributed by atoms with Gasteiger partial charge in [-0.15, -0.1) is 0 Å². The second kappa shape index (κ2) is 10.9. The van der Waals surface area contributed by atoms with Gasteiger partial charge in [0.2, 0.25) is 11.3 Å². The number of ether oxygens (including phenoxy) is 2. The molecule has 40 heavy (non-hydrogen) atoms. The van der Waals surface area contributed by atoms with Crippen molar-refractivity contribution >= 4 is 22.6 Å². The maximum Gasteiger partial charge on any atom is 0.261 e. The van der Waals surface area contributed by atoms with Crippen LogP contribution in [0, 0.1) is 11.6 Å². The Labute approximate surface area is 226 Å². The summed E-state index contributed by atoms with van der Waals surface area (Å²) in [6, 6.07) is 13.8. The molecule has 0 saturated heterocycles. The second-order valence-electron chi connectivity index (χ2n) is 8.70. The van der Waals surface area contributed by atoms with Crippen molar-refractivity contribution in [2.45, 2.75) is 6.61 Å². The minimum Gasteiger partial charge on any atom is -0.481 e. The number of nitrogens with one attached hydrogen (secondary N) is 1. The SMILES string of the molecule is COc1ccc2nccc(Oc3ccc(NC(=O)c4cn(C)c(CO)c(-c5ccc(F)cc5)c4=O)cc3F)c2n1. The average molecular weight is 545 g/mol. The summed E-state index contributed by atoms with van der Waals surface area (Å²) in [5.74, 6) is -1.61. The number of nitrogens with zero attached hydrogens (tertiary/aromatic N) is 3. The highest BCUT2D eigenvalue weighted by molar-refractivity contribution is 6.04. The highest BCUT2D eigenvalue weighted by Gasteiger charge is 2.21. The third-order valence-electron chi connectivity index (χ3n) is 6.18. The van der Waals surface area contributed by atoms with E-state index < -0.39 is 29.6 Å².